The van der Waals surface area contributed by atoms with Crippen molar-refractivity contribution in [2.75, 3.05) is 6.61 Å². The van der Waals surface area contributed by atoms with E-state index in [4.69, 9.17) is 22.3 Å². The number of carboxylic acids is 3. The van der Waals surface area contributed by atoms with Gasteiger partial charge in [0.2, 0.25) is 65.0 Å². The molecule has 460 valence electrons. The van der Waals surface area contributed by atoms with Crippen LogP contribution in [0, 0.1) is 29.6 Å². The minimum absolute atomic E-state index is 0.00651. The number of amides is 11. The van der Waals surface area contributed by atoms with Crippen LogP contribution in [0.1, 0.15) is 140 Å². The zero-order valence-electron chi connectivity index (χ0n) is 47.9. The molecule has 81 heavy (non-hydrogen) atoms. The fraction of sp³-hybridized carbons (Fsp3) is 0.725. The van der Waals surface area contributed by atoms with E-state index in [-0.39, 0.29) is 37.5 Å². The van der Waals surface area contributed by atoms with Gasteiger partial charge in [-0.2, -0.15) is 0 Å². The summed E-state index contributed by atoms with van der Waals surface area (Å²) in [5.74, 6) is -17.5. The van der Waals surface area contributed by atoms with Gasteiger partial charge in [-0.3, -0.25) is 62.3 Å². The molecule has 12 atom stereocenters. The van der Waals surface area contributed by atoms with E-state index in [2.05, 4.69) is 47.9 Å². The van der Waals surface area contributed by atoms with E-state index < -0.39 is 206 Å². The molecule has 0 aromatic heterocycles. The third-order valence-electron chi connectivity index (χ3n) is 12.9. The zero-order chi connectivity index (χ0) is 62.6. The van der Waals surface area contributed by atoms with Crippen molar-refractivity contribution in [3.8, 4) is 0 Å². The number of carbonyl (C=O) groups excluding carboxylic acids is 11. The van der Waals surface area contributed by atoms with Crippen molar-refractivity contribution in [1.82, 2.24) is 47.9 Å². The number of primary amides is 2. The van der Waals surface area contributed by atoms with Crippen LogP contribution in [-0.2, 0) is 67.1 Å². The Kier molecular flexibility index (Phi) is 33.3. The molecule has 30 nitrogen and oxygen atoms in total. The number of aliphatic hydroxyl groups excluding tert-OH is 1. The van der Waals surface area contributed by atoms with Gasteiger partial charge in [0.05, 0.1) is 19.1 Å². The molecule has 0 aliphatic rings. The number of carboxylic acid groups (broad SMARTS) is 3. The Hall–Kier alpha value is -7.50. The van der Waals surface area contributed by atoms with Gasteiger partial charge >= 0.3 is 17.9 Å². The van der Waals surface area contributed by atoms with Gasteiger partial charge in [0.25, 0.3) is 0 Å². The molecule has 0 rings (SSSR count). The van der Waals surface area contributed by atoms with Crippen molar-refractivity contribution in [2.45, 2.75) is 200 Å². The number of hydrogen-bond acceptors (Lipinski definition) is 16. The summed E-state index contributed by atoms with van der Waals surface area (Å²) in [5, 5.41) is 60.3. The zero-order valence-corrected chi connectivity index (χ0v) is 47.9. The first-order chi connectivity index (χ1) is 37.6. The Morgan fingerprint density at radius 3 is 1.11 bits per heavy atom. The van der Waals surface area contributed by atoms with Gasteiger partial charge < -0.3 is 85.5 Å². The van der Waals surface area contributed by atoms with Gasteiger partial charge in [-0.25, -0.2) is 4.79 Å². The number of nitrogens with one attached hydrogen (secondary N) is 9. The summed E-state index contributed by atoms with van der Waals surface area (Å²) in [6, 6.07) is -15.2. The molecule has 0 aromatic carbocycles. The summed E-state index contributed by atoms with van der Waals surface area (Å²) in [6.45, 7) is 15.4. The molecule has 11 amide bonds. The smallest absolute Gasteiger partial charge is 0.326 e. The molecule has 0 aliphatic carbocycles. The molecular weight excluding hydrogens is 1070 g/mol. The minimum Gasteiger partial charge on any atom is -0.481 e. The molecule has 0 spiro atoms. The highest BCUT2D eigenvalue weighted by atomic mass is 16.4. The predicted molar refractivity (Wildman–Crippen MR) is 289 cm³/mol. The second-order valence-electron chi connectivity index (χ2n) is 21.3. The molecule has 0 saturated heterocycles. The average molecular weight is 1160 g/mol. The standard InChI is InChI=1S/C51H88N12O18/c1-11-26(9)40(62-42(71)28(52)13-17-37(67)68)49(78)56-30(15-18-38(69)70)43(72)55-29(14-16-35(53)65)44(73)61-39(25(7)8)48(77)57-32(20-24(5)6)46(75)60-34(22-64)47(76)63-41(27(10)12-2)50(79)58-31(19-23(3)4)45(74)59-33(51(80)81)21-36(54)66/h23-34,39-41,64H,11-22,52H2,1-10H3,(H2,53,65)(H2,54,66)(H,55,72)(H,56,78)(H,57,77)(H,58,79)(H,59,74)(H,60,75)(H,61,73)(H,62,71)(H,63,76)(H,67,68)(H,69,70)(H,80,81)/t26-,27-,28-,29-,30-,31-,32-,33-,34-,39-,40-,41-/m0/s1. The summed E-state index contributed by atoms with van der Waals surface area (Å²) in [5.41, 5.74) is 16.4. The monoisotopic (exact) mass is 1160 g/mol. The van der Waals surface area contributed by atoms with E-state index in [1.165, 1.54) is 13.8 Å². The molecule has 0 fully saturated rings. The third-order valence-corrected chi connectivity index (χ3v) is 12.9. The first kappa shape index (κ1) is 73.5. The lowest BCUT2D eigenvalue weighted by Crippen LogP contribution is -2.62. The maximum Gasteiger partial charge on any atom is 0.326 e. The molecule has 0 aliphatic heterocycles. The highest BCUT2D eigenvalue weighted by Gasteiger charge is 2.38. The second-order valence-corrected chi connectivity index (χ2v) is 21.3. The number of carbonyl (C=O) groups is 14. The molecule has 0 heterocycles. The lowest BCUT2D eigenvalue weighted by molar-refractivity contribution is -0.144. The number of rotatable bonds is 40. The van der Waals surface area contributed by atoms with Crippen molar-refractivity contribution in [2.24, 2.45) is 46.8 Å². The Bertz CT molecular complexity index is 2210. The maximum atomic E-state index is 14.1. The van der Waals surface area contributed by atoms with E-state index in [1.54, 1.807) is 55.4 Å². The van der Waals surface area contributed by atoms with Crippen molar-refractivity contribution >= 4 is 82.9 Å². The van der Waals surface area contributed by atoms with Crippen LogP contribution in [0.4, 0.5) is 0 Å². The summed E-state index contributed by atoms with van der Waals surface area (Å²) >= 11 is 0. The SMILES string of the molecule is CC[C@H](C)[C@H](NC(=O)[C@H](CO)NC(=O)[C@H](CC(C)C)NC(=O)[C@@H](NC(=O)[C@H](CCC(N)=O)NC(=O)[C@H](CCC(=O)O)NC(=O)[C@@H](NC(=O)[C@@H](N)CCC(=O)O)[C@@H](C)CC)C(C)C)C(=O)N[C@@H](CC(C)C)C(=O)N[C@@H](CC(N)=O)C(=O)O. The lowest BCUT2D eigenvalue weighted by Gasteiger charge is -2.30. The minimum atomic E-state index is -1.74. The van der Waals surface area contributed by atoms with Crippen LogP contribution in [0.2, 0.25) is 0 Å². The lowest BCUT2D eigenvalue weighted by atomic mass is 9.96. The third kappa shape index (κ3) is 28.0. The fourth-order valence-corrected chi connectivity index (χ4v) is 7.81. The molecule has 19 N–H and O–H groups in total. The summed E-state index contributed by atoms with van der Waals surface area (Å²) in [6.07, 6.45) is -3.15. The Morgan fingerprint density at radius 1 is 0.395 bits per heavy atom. The van der Waals surface area contributed by atoms with E-state index in [1.807, 2.05) is 0 Å². The molecule has 0 unspecified atom stereocenters. The number of nitrogens with two attached hydrogens (primary N) is 3. The van der Waals surface area contributed by atoms with Gasteiger partial charge in [0.1, 0.15) is 54.4 Å². The number of aliphatic hydroxyl groups is 1. The van der Waals surface area contributed by atoms with Gasteiger partial charge in [-0.05, 0) is 61.7 Å². The Labute approximate surface area is 470 Å². The number of hydrogen-bond donors (Lipinski definition) is 16. The average Bonchev–Trinajstić information content (AvgIpc) is 3.37. The van der Waals surface area contributed by atoms with Gasteiger partial charge in [-0.15, -0.1) is 0 Å². The molecule has 0 saturated carbocycles. The van der Waals surface area contributed by atoms with Gasteiger partial charge in [0, 0.05) is 19.3 Å². The van der Waals surface area contributed by atoms with E-state index in [0.29, 0.717) is 6.42 Å². The van der Waals surface area contributed by atoms with E-state index >= 15 is 0 Å². The van der Waals surface area contributed by atoms with Crippen molar-refractivity contribution in [3.63, 3.8) is 0 Å². The van der Waals surface area contributed by atoms with Crippen LogP contribution < -0.4 is 65.1 Å². The largest absolute Gasteiger partial charge is 0.481 e. The molecule has 0 aromatic rings. The van der Waals surface area contributed by atoms with Crippen LogP contribution in [0.25, 0.3) is 0 Å². The van der Waals surface area contributed by atoms with Crippen LogP contribution in [-0.4, -0.2) is 170 Å². The van der Waals surface area contributed by atoms with E-state index in [9.17, 15) is 82.4 Å². The normalized spacial score (nSPS) is 15.7. The van der Waals surface area contributed by atoms with Gasteiger partial charge in [-0.1, -0.05) is 82.1 Å². The summed E-state index contributed by atoms with van der Waals surface area (Å²) in [7, 11) is 0. The van der Waals surface area contributed by atoms with Crippen molar-refractivity contribution < 1.29 is 87.5 Å². The highest BCUT2D eigenvalue weighted by molar-refractivity contribution is 5.99. The number of aliphatic carboxylic acids is 3. The highest BCUT2D eigenvalue weighted by Crippen LogP contribution is 2.15. The molecule has 0 bridgehead atoms. The first-order valence-electron chi connectivity index (χ1n) is 26.9. The van der Waals surface area contributed by atoms with Crippen molar-refractivity contribution in [3.05, 3.63) is 0 Å². The fourth-order valence-electron chi connectivity index (χ4n) is 7.81. The summed E-state index contributed by atoms with van der Waals surface area (Å²) in [4.78, 5) is 182. The topological polar surface area (TPSA) is 506 Å². The maximum absolute atomic E-state index is 14.1. The van der Waals surface area contributed by atoms with Crippen LogP contribution in [0.3, 0.4) is 0 Å². The quantitative estimate of drug-likeness (QED) is 0.0283. The molecule has 30 heteroatoms. The molecular formula is C51H88N12O18. The second kappa shape index (κ2) is 36.7. The molecule has 0 radical (unpaired) electrons. The van der Waals surface area contributed by atoms with Crippen LogP contribution in [0.5, 0.6) is 0 Å². The van der Waals surface area contributed by atoms with Crippen molar-refractivity contribution in [1.29, 1.82) is 0 Å². The first-order valence-corrected chi connectivity index (χ1v) is 26.9. The van der Waals surface area contributed by atoms with Crippen LogP contribution in [0.15, 0.2) is 0 Å². The van der Waals surface area contributed by atoms with Crippen LogP contribution >= 0.6 is 0 Å². The Balaban J connectivity index is 6.70. The van der Waals surface area contributed by atoms with Gasteiger partial charge in [0.15, 0.2) is 0 Å². The summed E-state index contributed by atoms with van der Waals surface area (Å²) < 4.78 is 0. The predicted octanol–water partition coefficient (Wildman–Crippen LogP) is -3.54. The Morgan fingerprint density at radius 2 is 0.728 bits per heavy atom. The van der Waals surface area contributed by atoms with E-state index in [0.717, 1.165) is 0 Å².